The molecular formula is C23H19FN2O6S. The van der Waals surface area contributed by atoms with E-state index < -0.39 is 40.2 Å². The molecule has 0 unspecified atom stereocenters. The highest BCUT2D eigenvalue weighted by Crippen LogP contribution is 2.18. The maximum absolute atomic E-state index is 13.0. The van der Waals surface area contributed by atoms with Crippen molar-refractivity contribution in [1.29, 1.82) is 0 Å². The van der Waals surface area contributed by atoms with Crippen LogP contribution in [0.3, 0.4) is 0 Å². The molecule has 0 radical (unpaired) electrons. The molecule has 2 N–H and O–H groups in total. The van der Waals surface area contributed by atoms with Gasteiger partial charge in [0.15, 0.2) is 6.61 Å². The Labute approximate surface area is 189 Å². The third-order valence-electron chi connectivity index (χ3n) is 4.30. The summed E-state index contributed by atoms with van der Waals surface area (Å²) in [5, 5.41) is 2.11. The number of rotatable bonds is 8. The van der Waals surface area contributed by atoms with Gasteiger partial charge in [-0.1, -0.05) is 36.4 Å². The summed E-state index contributed by atoms with van der Waals surface area (Å²) >= 11 is 0. The van der Waals surface area contributed by atoms with Gasteiger partial charge in [-0.2, -0.15) is 0 Å². The first kappa shape index (κ1) is 23.6. The lowest BCUT2D eigenvalue weighted by Crippen LogP contribution is -2.35. The molecule has 0 aliphatic carbocycles. The standard InChI is InChI=1S/C23H19FN2O6S/c24-18-9-11-19(12-10-18)26-33(30,31)20-8-4-7-17(14-20)23(29)32-15-22(28)25-21(27)13-16-5-2-1-3-6-16/h1-12,14,26H,13,15H2,(H,25,27,28). The van der Waals surface area contributed by atoms with Gasteiger partial charge in [0.2, 0.25) is 5.91 Å². The number of hydrogen-bond acceptors (Lipinski definition) is 6. The molecule has 0 aliphatic rings. The van der Waals surface area contributed by atoms with Crippen molar-refractivity contribution in [2.24, 2.45) is 0 Å². The van der Waals surface area contributed by atoms with Crippen molar-refractivity contribution in [2.45, 2.75) is 11.3 Å². The minimum atomic E-state index is -4.06. The van der Waals surface area contributed by atoms with E-state index in [1.165, 1.54) is 30.3 Å². The SMILES string of the molecule is O=C(COC(=O)c1cccc(S(=O)(=O)Nc2ccc(F)cc2)c1)NC(=O)Cc1ccccc1. The van der Waals surface area contributed by atoms with Crippen LogP contribution in [-0.4, -0.2) is 32.8 Å². The summed E-state index contributed by atoms with van der Waals surface area (Å²) in [7, 11) is -4.06. The Balaban J connectivity index is 1.57. The topological polar surface area (TPSA) is 119 Å². The number of esters is 1. The van der Waals surface area contributed by atoms with Crippen molar-refractivity contribution in [3.05, 3.63) is 95.8 Å². The molecule has 33 heavy (non-hydrogen) atoms. The molecule has 3 aromatic rings. The van der Waals surface area contributed by atoms with E-state index in [4.69, 9.17) is 4.74 Å². The first-order valence-corrected chi connectivity index (χ1v) is 11.1. The second kappa shape index (κ2) is 10.5. The molecule has 0 spiro atoms. The zero-order valence-electron chi connectivity index (χ0n) is 17.2. The largest absolute Gasteiger partial charge is 0.452 e. The highest BCUT2D eigenvalue weighted by atomic mass is 32.2. The zero-order valence-corrected chi connectivity index (χ0v) is 18.0. The van der Waals surface area contributed by atoms with Gasteiger partial charge in [-0.25, -0.2) is 17.6 Å². The normalized spacial score (nSPS) is 10.8. The maximum Gasteiger partial charge on any atom is 0.338 e. The monoisotopic (exact) mass is 470 g/mol. The number of hydrogen-bond donors (Lipinski definition) is 2. The zero-order chi connectivity index (χ0) is 23.8. The van der Waals surface area contributed by atoms with Crippen LogP contribution in [-0.2, 0) is 30.8 Å². The molecule has 0 heterocycles. The van der Waals surface area contributed by atoms with Gasteiger partial charge >= 0.3 is 5.97 Å². The number of benzene rings is 3. The Morgan fingerprint density at radius 2 is 1.55 bits per heavy atom. The lowest BCUT2D eigenvalue weighted by Gasteiger charge is -2.10. The summed E-state index contributed by atoms with van der Waals surface area (Å²) in [5.74, 6) is -2.83. The second-order valence-electron chi connectivity index (χ2n) is 6.85. The van der Waals surface area contributed by atoms with Crippen molar-refractivity contribution < 1.29 is 31.9 Å². The van der Waals surface area contributed by atoms with Crippen LogP contribution in [0, 0.1) is 5.82 Å². The lowest BCUT2D eigenvalue weighted by molar-refractivity contribution is -0.132. The van der Waals surface area contributed by atoms with Gasteiger partial charge in [0, 0.05) is 5.69 Å². The van der Waals surface area contributed by atoms with Crippen LogP contribution in [0.1, 0.15) is 15.9 Å². The van der Waals surface area contributed by atoms with E-state index in [-0.39, 0.29) is 22.6 Å². The highest BCUT2D eigenvalue weighted by Gasteiger charge is 2.18. The lowest BCUT2D eigenvalue weighted by atomic mass is 10.1. The van der Waals surface area contributed by atoms with Gasteiger partial charge in [-0.15, -0.1) is 0 Å². The van der Waals surface area contributed by atoms with Gasteiger partial charge in [0.1, 0.15) is 5.82 Å². The molecule has 0 saturated heterocycles. The summed E-state index contributed by atoms with van der Waals surface area (Å²) < 4.78 is 45.2. The molecule has 2 amide bonds. The third kappa shape index (κ3) is 6.97. The van der Waals surface area contributed by atoms with Crippen molar-refractivity contribution in [3.63, 3.8) is 0 Å². The summed E-state index contributed by atoms with van der Waals surface area (Å²) in [5.41, 5.74) is 0.744. The number of ether oxygens (including phenoxy) is 1. The van der Waals surface area contributed by atoms with E-state index in [0.29, 0.717) is 5.56 Å². The first-order chi connectivity index (χ1) is 15.7. The molecule has 3 aromatic carbocycles. The van der Waals surface area contributed by atoms with E-state index in [1.807, 2.05) is 0 Å². The number of amides is 2. The van der Waals surface area contributed by atoms with Crippen molar-refractivity contribution in [3.8, 4) is 0 Å². The van der Waals surface area contributed by atoms with Crippen LogP contribution in [0.5, 0.6) is 0 Å². The number of carbonyl (C=O) groups is 3. The minimum Gasteiger partial charge on any atom is -0.452 e. The molecule has 170 valence electrons. The maximum atomic E-state index is 13.0. The molecule has 0 fully saturated rings. The van der Waals surface area contributed by atoms with Crippen molar-refractivity contribution in [2.75, 3.05) is 11.3 Å². The number of sulfonamides is 1. The Kier molecular flexibility index (Phi) is 7.52. The molecular weight excluding hydrogens is 451 g/mol. The third-order valence-corrected chi connectivity index (χ3v) is 5.68. The fraction of sp³-hybridized carbons (Fsp3) is 0.0870. The Morgan fingerprint density at radius 1 is 0.848 bits per heavy atom. The molecule has 0 aromatic heterocycles. The summed E-state index contributed by atoms with van der Waals surface area (Å²) in [4.78, 5) is 35.8. The summed E-state index contributed by atoms with van der Waals surface area (Å²) in [6.45, 7) is -0.718. The minimum absolute atomic E-state index is 0.0124. The fourth-order valence-corrected chi connectivity index (χ4v) is 3.86. The molecule has 0 atom stereocenters. The molecule has 0 bridgehead atoms. The van der Waals surface area contributed by atoms with Crippen LogP contribution >= 0.6 is 0 Å². The van der Waals surface area contributed by atoms with Crippen LogP contribution in [0.15, 0.2) is 83.8 Å². The van der Waals surface area contributed by atoms with E-state index in [1.54, 1.807) is 30.3 Å². The average molecular weight is 470 g/mol. The summed E-state index contributed by atoms with van der Waals surface area (Å²) in [6.07, 6.45) is -0.0124. The molecule has 10 heteroatoms. The van der Waals surface area contributed by atoms with E-state index in [0.717, 1.165) is 18.2 Å². The van der Waals surface area contributed by atoms with Crippen molar-refractivity contribution >= 4 is 33.5 Å². The Hall–Kier alpha value is -4.05. The second-order valence-corrected chi connectivity index (χ2v) is 8.53. The van der Waals surface area contributed by atoms with Gasteiger partial charge in [0.05, 0.1) is 16.9 Å². The van der Waals surface area contributed by atoms with Crippen molar-refractivity contribution in [1.82, 2.24) is 5.32 Å². The average Bonchev–Trinajstić information content (AvgIpc) is 2.79. The summed E-state index contributed by atoms with van der Waals surface area (Å²) in [6, 6.07) is 18.5. The smallest absolute Gasteiger partial charge is 0.338 e. The van der Waals surface area contributed by atoms with Gasteiger partial charge in [-0.3, -0.25) is 19.6 Å². The number of anilines is 1. The van der Waals surface area contributed by atoms with Crippen LogP contribution < -0.4 is 10.0 Å². The quantitative estimate of drug-likeness (QED) is 0.489. The van der Waals surface area contributed by atoms with E-state index in [2.05, 4.69) is 10.0 Å². The van der Waals surface area contributed by atoms with Gasteiger partial charge in [0.25, 0.3) is 15.9 Å². The predicted molar refractivity (Wildman–Crippen MR) is 117 cm³/mol. The van der Waals surface area contributed by atoms with Gasteiger partial charge in [-0.05, 0) is 48.0 Å². The number of halogens is 1. The number of imide groups is 1. The van der Waals surface area contributed by atoms with Gasteiger partial charge < -0.3 is 4.74 Å². The van der Waals surface area contributed by atoms with Crippen LogP contribution in [0.2, 0.25) is 0 Å². The Morgan fingerprint density at radius 3 is 2.24 bits per heavy atom. The molecule has 0 aliphatic heterocycles. The Bertz CT molecular complexity index is 1260. The fourth-order valence-electron chi connectivity index (χ4n) is 2.75. The van der Waals surface area contributed by atoms with Crippen LogP contribution in [0.4, 0.5) is 10.1 Å². The van der Waals surface area contributed by atoms with E-state index in [9.17, 15) is 27.2 Å². The number of nitrogens with one attached hydrogen (secondary N) is 2. The van der Waals surface area contributed by atoms with Crippen LogP contribution in [0.25, 0.3) is 0 Å². The first-order valence-electron chi connectivity index (χ1n) is 9.65. The van der Waals surface area contributed by atoms with E-state index >= 15 is 0 Å². The molecule has 0 saturated carbocycles. The molecule has 3 rings (SSSR count). The predicted octanol–water partition coefficient (Wildman–Crippen LogP) is 2.67. The molecule has 8 nitrogen and oxygen atoms in total. The highest BCUT2D eigenvalue weighted by molar-refractivity contribution is 7.92. The number of carbonyl (C=O) groups excluding carboxylic acids is 3.